The van der Waals surface area contributed by atoms with Crippen molar-refractivity contribution in [3.63, 3.8) is 0 Å². The molecule has 2 heteroatoms. The summed E-state index contributed by atoms with van der Waals surface area (Å²) in [5.41, 5.74) is 0. The Bertz CT molecular complexity index is 130. The molecule has 0 aromatic carbocycles. The van der Waals surface area contributed by atoms with Gasteiger partial charge in [0.2, 0.25) is 0 Å². The molecular weight excluding hydrogens is 172 g/mol. The maximum absolute atomic E-state index is 3.48. The summed E-state index contributed by atoms with van der Waals surface area (Å²) in [4.78, 5) is 2.65. The summed E-state index contributed by atoms with van der Waals surface area (Å²) in [6.45, 7) is 9.31. The van der Waals surface area contributed by atoms with E-state index in [9.17, 15) is 0 Å². The van der Waals surface area contributed by atoms with Crippen molar-refractivity contribution in [2.45, 2.75) is 52.0 Å². The van der Waals surface area contributed by atoms with Crippen molar-refractivity contribution in [2.75, 3.05) is 26.2 Å². The zero-order chi connectivity index (χ0) is 10.2. The predicted octanol–water partition coefficient (Wildman–Crippen LogP) is 2.25. The minimum absolute atomic E-state index is 0.892. The molecule has 1 rings (SSSR count). The minimum Gasteiger partial charge on any atom is -0.315 e. The third kappa shape index (κ3) is 3.97. The van der Waals surface area contributed by atoms with Crippen LogP contribution in [0.15, 0.2) is 0 Å². The van der Waals surface area contributed by atoms with Gasteiger partial charge in [-0.3, -0.25) is 4.90 Å². The van der Waals surface area contributed by atoms with E-state index < -0.39 is 0 Å². The third-order valence-electron chi connectivity index (χ3n) is 3.25. The van der Waals surface area contributed by atoms with Gasteiger partial charge in [0.25, 0.3) is 0 Å². The van der Waals surface area contributed by atoms with Crippen LogP contribution in [0, 0.1) is 0 Å². The van der Waals surface area contributed by atoms with Crippen LogP contribution in [0.5, 0.6) is 0 Å². The molecule has 1 aliphatic rings. The lowest BCUT2D eigenvalue weighted by atomic mass is 10.2. The Hall–Kier alpha value is -0.0800. The molecule has 0 amide bonds. The molecule has 0 radical (unpaired) electrons. The Balaban J connectivity index is 2.11. The van der Waals surface area contributed by atoms with E-state index in [0.29, 0.717) is 0 Å². The first kappa shape index (κ1) is 12.0. The fourth-order valence-corrected chi connectivity index (χ4v) is 2.39. The molecule has 1 aliphatic carbocycles. The minimum atomic E-state index is 0.892. The molecule has 0 atom stereocenters. The summed E-state index contributed by atoms with van der Waals surface area (Å²) in [7, 11) is 0. The smallest absolute Gasteiger partial charge is 0.0110 e. The molecule has 1 fully saturated rings. The molecule has 0 aromatic rings. The van der Waals surface area contributed by atoms with Crippen molar-refractivity contribution < 1.29 is 0 Å². The van der Waals surface area contributed by atoms with Gasteiger partial charge in [-0.05, 0) is 32.4 Å². The summed E-state index contributed by atoms with van der Waals surface area (Å²) in [6, 6.07) is 0.892. The second-order valence-electron chi connectivity index (χ2n) is 4.32. The third-order valence-corrected chi connectivity index (χ3v) is 3.25. The van der Waals surface area contributed by atoms with Crippen molar-refractivity contribution in [3.8, 4) is 0 Å². The zero-order valence-corrected chi connectivity index (χ0v) is 9.89. The number of hydrogen-bond donors (Lipinski definition) is 1. The molecule has 2 nitrogen and oxygen atoms in total. The van der Waals surface area contributed by atoms with Crippen LogP contribution in [0.2, 0.25) is 0 Å². The van der Waals surface area contributed by atoms with Crippen LogP contribution in [0.4, 0.5) is 0 Å². The highest BCUT2D eigenvalue weighted by molar-refractivity contribution is 4.76. The molecule has 0 unspecified atom stereocenters. The molecule has 0 saturated heterocycles. The molecular formula is C12H26N2. The highest BCUT2D eigenvalue weighted by Gasteiger charge is 2.20. The monoisotopic (exact) mass is 198 g/mol. The molecule has 84 valence electrons. The predicted molar refractivity (Wildman–Crippen MR) is 62.7 cm³/mol. The van der Waals surface area contributed by atoms with Crippen molar-refractivity contribution in [1.82, 2.24) is 10.2 Å². The SMILES string of the molecule is CCCNCCN(CC)C1CCCC1. The second-order valence-corrected chi connectivity index (χ2v) is 4.32. The lowest BCUT2D eigenvalue weighted by Gasteiger charge is -2.27. The Morgan fingerprint density at radius 2 is 1.86 bits per heavy atom. The molecule has 0 spiro atoms. The average molecular weight is 198 g/mol. The van der Waals surface area contributed by atoms with Gasteiger partial charge in [0, 0.05) is 19.1 Å². The van der Waals surface area contributed by atoms with Crippen LogP contribution in [0.3, 0.4) is 0 Å². The van der Waals surface area contributed by atoms with E-state index in [0.717, 1.165) is 12.6 Å². The van der Waals surface area contributed by atoms with E-state index in [1.165, 1.54) is 51.7 Å². The molecule has 0 heterocycles. The van der Waals surface area contributed by atoms with Crippen molar-refractivity contribution >= 4 is 0 Å². The quantitative estimate of drug-likeness (QED) is 0.631. The molecule has 1 N–H and O–H groups in total. The summed E-state index contributed by atoms with van der Waals surface area (Å²) in [5.74, 6) is 0. The van der Waals surface area contributed by atoms with E-state index in [1.54, 1.807) is 0 Å². The van der Waals surface area contributed by atoms with Crippen LogP contribution in [-0.4, -0.2) is 37.1 Å². The first-order valence-corrected chi connectivity index (χ1v) is 6.33. The fourth-order valence-electron chi connectivity index (χ4n) is 2.39. The van der Waals surface area contributed by atoms with Crippen LogP contribution in [-0.2, 0) is 0 Å². The topological polar surface area (TPSA) is 15.3 Å². The van der Waals surface area contributed by atoms with Crippen LogP contribution in [0.25, 0.3) is 0 Å². The van der Waals surface area contributed by atoms with Crippen molar-refractivity contribution in [3.05, 3.63) is 0 Å². The Morgan fingerprint density at radius 1 is 1.14 bits per heavy atom. The van der Waals surface area contributed by atoms with Crippen LogP contribution in [0.1, 0.15) is 46.0 Å². The van der Waals surface area contributed by atoms with Gasteiger partial charge in [0.15, 0.2) is 0 Å². The van der Waals surface area contributed by atoms with Gasteiger partial charge in [0.1, 0.15) is 0 Å². The summed E-state index contributed by atoms with van der Waals surface area (Å²) in [5, 5.41) is 3.48. The lowest BCUT2D eigenvalue weighted by Crippen LogP contribution is -2.38. The Kier molecular flexibility index (Phi) is 6.20. The first-order valence-electron chi connectivity index (χ1n) is 6.33. The van der Waals surface area contributed by atoms with E-state index in [-0.39, 0.29) is 0 Å². The average Bonchev–Trinajstić information content (AvgIpc) is 2.71. The Labute approximate surface area is 89.1 Å². The van der Waals surface area contributed by atoms with E-state index >= 15 is 0 Å². The summed E-state index contributed by atoms with van der Waals surface area (Å²) in [6.07, 6.45) is 7.01. The summed E-state index contributed by atoms with van der Waals surface area (Å²) >= 11 is 0. The van der Waals surface area contributed by atoms with E-state index in [2.05, 4.69) is 24.1 Å². The van der Waals surface area contributed by atoms with Crippen LogP contribution < -0.4 is 5.32 Å². The van der Waals surface area contributed by atoms with Gasteiger partial charge in [-0.25, -0.2) is 0 Å². The molecule has 0 bridgehead atoms. The molecule has 14 heavy (non-hydrogen) atoms. The van der Waals surface area contributed by atoms with Gasteiger partial charge in [0.05, 0.1) is 0 Å². The number of hydrogen-bond acceptors (Lipinski definition) is 2. The molecule has 1 saturated carbocycles. The van der Waals surface area contributed by atoms with Gasteiger partial charge >= 0.3 is 0 Å². The molecule has 0 aromatic heterocycles. The van der Waals surface area contributed by atoms with Gasteiger partial charge in [-0.15, -0.1) is 0 Å². The summed E-state index contributed by atoms with van der Waals surface area (Å²) < 4.78 is 0. The fraction of sp³-hybridized carbons (Fsp3) is 1.00. The number of nitrogens with one attached hydrogen (secondary N) is 1. The standard InChI is InChI=1S/C12H26N2/c1-3-9-13-10-11-14(4-2)12-7-5-6-8-12/h12-13H,3-11H2,1-2H3. The van der Waals surface area contributed by atoms with Gasteiger partial charge < -0.3 is 5.32 Å². The Morgan fingerprint density at radius 3 is 2.43 bits per heavy atom. The lowest BCUT2D eigenvalue weighted by molar-refractivity contribution is 0.209. The maximum Gasteiger partial charge on any atom is 0.0110 e. The number of nitrogens with zero attached hydrogens (tertiary/aromatic N) is 1. The normalized spacial score (nSPS) is 18.2. The number of rotatable bonds is 7. The second kappa shape index (κ2) is 7.24. The molecule has 0 aliphatic heterocycles. The highest BCUT2D eigenvalue weighted by atomic mass is 15.2. The van der Waals surface area contributed by atoms with Crippen molar-refractivity contribution in [1.29, 1.82) is 0 Å². The van der Waals surface area contributed by atoms with E-state index in [4.69, 9.17) is 0 Å². The van der Waals surface area contributed by atoms with Gasteiger partial charge in [-0.2, -0.15) is 0 Å². The zero-order valence-electron chi connectivity index (χ0n) is 9.89. The largest absolute Gasteiger partial charge is 0.315 e. The van der Waals surface area contributed by atoms with Crippen LogP contribution >= 0.6 is 0 Å². The first-order chi connectivity index (χ1) is 6.88. The number of likely N-dealkylation sites (N-methyl/N-ethyl adjacent to an activating group) is 1. The van der Waals surface area contributed by atoms with Gasteiger partial charge in [-0.1, -0.05) is 26.7 Å². The van der Waals surface area contributed by atoms with Crippen molar-refractivity contribution in [2.24, 2.45) is 0 Å². The maximum atomic E-state index is 3.48. The highest BCUT2D eigenvalue weighted by Crippen LogP contribution is 2.22. The van der Waals surface area contributed by atoms with E-state index in [1.807, 2.05) is 0 Å².